The lowest BCUT2D eigenvalue weighted by atomic mass is 9.99. The average Bonchev–Trinajstić information content (AvgIpc) is 2.27. The molecule has 0 aliphatic heterocycles. The van der Waals surface area contributed by atoms with Gasteiger partial charge in [0.15, 0.2) is 5.78 Å². The van der Waals surface area contributed by atoms with Crippen LogP contribution in [0.1, 0.15) is 34.3 Å². The Morgan fingerprint density at radius 2 is 2.19 bits per heavy atom. The van der Waals surface area contributed by atoms with Crippen LogP contribution < -0.4 is 0 Å². The number of aryl methyl sites for hydroxylation is 2. The van der Waals surface area contributed by atoms with Crippen molar-refractivity contribution >= 4 is 5.78 Å². The summed E-state index contributed by atoms with van der Waals surface area (Å²) in [4.78, 5) is 14.5. The van der Waals surface area contributed by atoms with Gasteiger partial charge in [0.25, 0.3) is 0 Å². The Kier molecular flexibility index (Phi) is 4.55. The number of Topliss-reactive ketones (excluding diaryl/α,β-unsaturated/α-hetero) is 1. The van der Waals surface area contributed by atoms with Gasteiger partial charge in [-0.3, -0.25) is 4.79 Å². The van der Waals surface area contributed by atoms with Gasteiger partial charge >= 0.3 is 0 Å². The fourth-order valence-electron chi connectivity index (χ4n) is 1.53. The Bertz CT molecular complexity index is 434. The van der Waals surface area contributed by atoms with Crippen LogP contribution in [0.2, 0.25) is 0 Å². The van der Waals surface area contributed by atoms with Gasteiger partial charge in [-0.15, -0.1) is 0 Å². The Morgan fingerprint density at radius 1 is 1.44 bits per heavy atom. The smallest absolute Gasteiger partial charge is 0.163 e. The van der Waals surface area contributed by atoms with E-state index in [1.54, 1.807) is 0 Å². The number of carbonyl (C=O) groups is 1. The van der Waals surface area contributed by atoms with Crippen LogP contribution in [0.25, 0.3) is 10.4 Å². The summed E-state index contributed by atoms with van der Waals surface area (Å²) >= 11 is 0. The zero-order valence-corrected chi connectivity index (χ0v) is 9.60. The van der Waals surface area contributed by atoms with Crippen molar-refractivity contribution in [1.29, 1.82) is 0 Å². The summed E-state index contributed by atoms with van der Waals surface area (Å²) in [5.74, 6) is 0.120. The van der Waals surface area contributed by atoms with Gasteiger partial charge in [0.1, 0.15) is 0 Å². The highest BCUT2D eigenvalue weighted by atomic mass is 16.1. The molecule has 1 aromatic rings. The van der Waals surface area contributed by atoms with Crippen molar-refractivity contribution in [2.45, 2.75) is 26.7 Å². The van der Waals surface area contributed by atoms with Gasteiger partial charge in [0.05, 0.1) is 0 Å². The van der Waals surface area contributed by atoms with Gasteiger partial charge in [-0.05, 0) is 37.4 Å². The van der Waals surface area contributed by atoms with Crippen LogP contribution in [0.15, 0.2) is 23.3 Å². The van der Waals surface area contributed by atoms with E-state index in [4.69, 9.17) is 5.53 Å². The number of benzene rings is 1. The maximum Gasteiger partial charge on any atom is 0.163 e. The van der Waals surface area contributed by atoms with E-state index in [1.807, 2.05) is 32.0 Å². The zero-order chi connectivity index (χ0) is 12.0. The largest absolute Gasteiger partial charge is 0.294 e. The Balaban J connectivity index is 2.65. The molecule has 0 N–H and O–H groups in total. The van der Waals surface area contributed by atoms with Gasteiger partial charge in [0, 0.05) is 23.4 Å². The molecule has 0 fully saturated rings. The maximum absolute atomic E-state index is 11.8. The lowest BCUT2D eigenvalue weighted by molar-refractivity contribution is 0.0980. The molecule has 16 heavy (non-hydrogen) atoms. The minimum absolute atomic E-state index is 0.120. The summed E-state index contributed by atoms with van der Waals surface area (Å²) in [6.07, 6.45) is 1.04. The van der Waals surface area contributed by atoms with Crippen molar-refractivity contribution in [3.8, 4) is 0 Å². The van der Waals surface area contributed by atoms with Crippen molar-refractivity contribution in [1.82, 2.24) is 0 Å². The molecule has 1 aromatic carbocycles. The molecule has 0 heterocycles. The Labute approximate surface area is 94.9 Å². The number of hydrogen-bond donors (Lipinski definition) is 0. The topological polar surface area (TPSA) is 65.8 Å². The molecule has 0 aromatic heterocycles. The number of nitrogens with zero attached hydrogens (tertiary/aromatic N) is 3. The molecule has 0 amide bonds. The van der Waals surface area contributed by atoms with E-state index < -0.39 is 0 Å². The van der Waals surface area contributed by atoms with E-state index in [-0.39, 0.29) is 5.78 Å². The van der Waals surface area contributed by atoms with Crippen LogP contribution in [-0.2, 0) is 0 Å². The minimum atomic E-state index is 0.120. The first-order valence-corrected chi connectivity index (χ1v) is 5.26. The van der Waals surface area contributed by atoms with Gasteiger partial charge in [-0.25, -0.2) is 0 Å². The monoisotopic (exact) mass is 217 g/mol. The second-order valence-electron chi connectivity index (χ2n) is 3.80. The van der Waals surface area contributed by atoms with Crippen molar-refractivity contribution in [3.63, 3.8) is 0 Å². The van der Waals surface area contributed by atoms with Crippen molar-refractivity contribution in [3.05, 3.63) is 45.3 Å². The summed E-state index contributed by atoms with van der Waals surface area (Å²) in [5.41, 5.74) is 11.0. The summed E-state index contributed by atoms with van der Waals surface area (Å²) in [6.45, 7) is 4.28. The van der Waals surface area contributed by atoms with E-state index in [2.05, 4.69) is 10.0 Å². The molecule has 84 valence electrons. The second kappa shape index (κ2) is 5.93. The highest BCUT2D eigenvalue weighted by Gasteiger charge is 2.08. The fourth-order valence-corrected chi connectivity index (χ4v) is 1.53. The van der Waals surface area contributed by atoms with Crippen LogP contribution in [0.3, 0.4) is 0 Å². The fraction of sp³-hybridized carbons (Fsp3) is 0.417. The molecule has 0 unspecified atom stereocenters. The normalized spacial score (nSPS) is 9.62. The molecule has 0 saturated carbocycles. The first-order valence-electron chi connectivity index (χ1n) is 5.26. The molecule has 0 aliphatic rings. The average molecular weight is 217 g/mol. The number of ketones is 1. The summed E-state index contributed by atoms with van der Waals surface area (Å²) < 4.78 is 0. The summed E-state index contributed by atoms with van der Waals surface area (Å²) in [5, 5.41) is 3.41. The third kappa shape index (κ3) is 3.41. The predicted octanol–water partition coefficient (Wildman–Crippen LogP) is 3.58. The van der Waals surface area contributed by atoms with E-state index in [9.17, 15) is 4.79 Å². The van der Waals surface area contributed by atoms with E-state index in [0.717, 1.165) is 16.7 Å². The van der Waals surface area contributed by atoms with Crippen LogP contribution in [0.4, 0.5) is 0 Å². The lowest BCUT2D eigenvalue weighted by Gasteiger charge is -2.05. The first-order chi connectivity index (χ1) is 7.65. The zero-order valence-electron chi connectivity index (χ0n) is 9.60. The van der Waals surface area contributed by atoms with E-state index in [0.29, 0.717) is 19.4 Å². The summed E-state index contributed by atoms with van der Waals surface area (Å²) in [7, 11) is 0. The molecule has 4 nitrogen and oxygen atoms in total. The molecule has 0 bridgehead atoms. The number of rotatable bonds is 5. The third-order valence-electron chi connectivity index (χ3n) is 2.42. The maximum atomic E-state index is 11.8. The molecule has 0 spiro atoms. The molecule has 0 saturated heterocycles. The molecular weight excluding hydrogens is 202 g/mol. The second-order valence-corrected chi connectivity index (χ2v) is 3.80. The van der Waals surface area contributed by atoms with Crippen molar-refractivity contribution in [2.75, 3.05) is 6.54 Å². The lowest BCUT2D eigenvalue weighted by Crippen LogP contribution is -2.02. The van der Waals surface area contributed by atoms with Gasteiger partial charge in [-0.2, -0.15) is 0 Å². The van der Waals surface area contributed by atoms with Crippen LogP contribution in [0.5, 0.6) is 0 Å². The van der Waals surface area contributed by atoms with Crippen LogP contribution in [0, 0.1) is 13.8 Å². The Morgan fingerprint density at radius 3 is 2.88 bits per heavy atom. The number of hydrogen-bond acceptors (Lipinski definition) is 2. The highest BCUT2D eigenvalue weighted by Crippen LogP contribution is 2.13. The minimum Gasteiger partial charge on any atom is -0.294 e. The number of azide groups is 1. The molecule has 0 radical (unpaired) electrons. The van der Waals surface area contributed by atoms with Gasteiger partial charge in [-0.1, -0.05) is 22.8 Å². The Hall–Kier alpha value is -1.80. The standard InChI is InChI=1S/C12H15N3O/c1-9-5-6-10(2)11(8-9)12(16)4-3-7-14-15-13/h5-6,8H,3-4,7H2,1-2H3. The van der Waals surface area contributed by atoms with Crippen LogP contribution in [-0.4, -0.2) is 12.3 Å². The first kappa shape index (κ1) is 12.3. The van der Waals surface area contributed by atoms with E-state index in [1.165, 1.54) is 0 Å². The van der Waals surface area contributed by atoms with Crippen LogP contribution >= 0.6 is 0 Å². The molecule has 0 aliphatic carbocycles. The SMILES string of the molecule is Cc1ccc(C)c(C(=O)CCCN=[N+]=[N-])c1. The molecule has 4 heteroatoms. The predicted molar refractivity (Wildman–Crippen MR) is 63.5 cm³/mol. The quantitative estimate of drug-likeness (QED) is 0.244. The van der Waals surface area contributed by atoms with Crippen molar-refractivity contribution in [2.24, 2.45) is 5.11 Å². The molecule has 0 atom stereocenters. The van der Waals surface area contributed by atoms with Crippen molar-refractivity contribution < 1.29 is 4.79 Å². The number of carbonyl (C=O) groups excluding carboxylic acids is 1. The molecular formula is C12H15N3O. The molecule has 1 rings (SSSR count). The summed E-state index contributed by atoms with van der Waals surface area (Å²) in [6, 6.07) is 5.85. The highest BCUT2D eigenvalue weighted by molar-refractivity contribution is 5.97. The third-order valence-corrected chi connectivity index (χ3v) is 2.42. The van der Waals surface area contributed by atoms with Gasteiger partial charge < -0.3 is 0 Å². The van der Waals surface area contributed by atoms with E-state index >= 15 is 0 Å². The van der Waals surface area contributed by atoms with Gasteiger partial charge in [0.2, 0.25) is 0 Å².